The van der Waals surface area contributed by atoms with Gasteiger partial charge in [-0.15, -0.1) is 0 Å². The predicted molar refractivity (Wildman–Crippen MR) is 92.6 cm³/mol. The second-order valence-electron chi connectivity index (χ2n) is 5.59. The van der Waals surface area contributed by atoms with Crippen LogP contribution in [0, 0.1) is 13.8 Å². The Kier molecular flexibility index (Phi) is 5.92. The van der Waals surface area contributed by atoms with Gasteiger partial charge in [-0.2, -0.15) is 0 Å². The molecule has 0 aromatic heterocycles. The maximum Gasteiger partial charge on any atom is 0.251 e. The summed E-state index contributed by atoms with van der Waals surface area (Å²) in [4.78, 5) is 23.8. The summed E-state index contributed by atoms with van der Waals surface area (Å²) < 4.78 is 0. The second kappa shape index (κ2) is 8.13. The van der Waals surface area contributed by atoms with Crippen LogP contribution in [0.25, 0.3) is 0 Å². The fourth-order valence-corrected chi connectivity index (χ4v) is 2.31. The molecule has 0 heterocycles. The topological polar surface area (TPSA) is 58.2 Å². The van der Waals surface area contributed by atoms with E-state index in [2.05, 4.69) is 10.6 Å². The first kappa shape index (κ1) is 16.7. The van der Waals surface area contributed by atoms with Gasteiger partial charge in [-0.25, -0.2) is 0 Å². The summed E-state index contributed by atoms with van der Waals surface area (Å²) in [6, 6.07) is 15.0. The van der Waals surface area contributed by atoms with E-state index in [4.69, 9.17) is 0 Å². The monoisotopic (exact) mass is 310 g/mol. The second-order valence-corrected chi connectivity index (χ2v) is 5.59. The molecular formula is C19H22N2O2. The highest BCUT2D eigenvalue weighted by molar-refractivity contribution is 5.94. The molecule has 2 aromatic rings. The lowest BCUT2D eigenvalue weighted by Crippen LogP contribution is -2.25. The van der Waals surface area contributed by atoms with Crippen molar-refractivity contribution in [1.82, 2.24) is 5.32 Å². The van der Waals surface area contributed by atoms with Crippen molar-refractivity contribution < 1.29 is 9.59 Å². The smallest absolute Gasteiger partial charge is 0.251 e. The number of rotatable bonds is 6. The SMILES string of the molecule is Cc1ccc(NC(=O)CCCNC(=O)c2ccccc2)c(C)c1. The molecule has 120 valence electrons. The van der Waals surface area contributed by atoms with Gasteiger partial charge in [-0.1, -0.05) is 35.9 Å². The first-order valence-corrected chi connectivity index (χ1v) is 7.76. The van der Waals surface area contributed by atoms with Crippen molar-refractivity contribution in [3.8, 4) is 0 Å². The van der Waals surface area contributed by atoms with Gasteiger partial charge >= 0.3 is 0 Å². The van der Waals surface area contributed by atoms with Gasteiger partial charge in [0.25, 0.3) is 5.91 Å². The highest BCUT2D eigenvalue weighted by Crippen LogP contribution is 2.16. The normalized spacial score (nSPS) is 10.2. The third kappa shape index (κ3) is 5.25. The minimum atomic E-state index is -0.111. The average molecular weight is 310 g/mol. The Labute approximate surface area is 136 Å². The molecule has 0 aliphatic carbocycles. The van der Waals surface area contributed by atoms with Crippen LogP contribution >= 0.6 is 0 Å². The van der Waals surface area contributed by atoms with E-state index in [1.54, 1.807) is 12.1 Å². The number of benzene rings is 2. The molecule has 0 unspecified atom stereocenters. The molecule has 0 saturated carbocycles. The molecule has 0 saturated heterocycles. The first-order chi connectivity index (χ1) is 11.1. The van der Waals surface area contributed by atoms with Crippen molar-refractivity contribution in [2.24, 2.45) is 0 Å². The summed E-state index contributed by atoms with van der Waals surface area (Å²) in [5.41, 5.74) is 3.70. The largest absolute Gasteiger partial charge is 0.352 e. The van der Waals surface area contributed by atoms with Crippen LogP contribution in [0.1, 0.15) is 34.3 Å². The highest BCUT2D eigenvalue weighted by atomic mass is 16.2. The summed E-state index contributed by atoms with van der Waals surface area (Å²) in [6.07, 6.45) is 0.984. The van der Waals surface area contributed by atoms with E-state index >= 15 is 0 Å². The van der Waals surface area contributed by atoms with Gasteiger partial charge in [0.05, 0.1) is 0 Å². The maximum atomic E-state index is 11.9. The predicted octanol–water partition coefficient (Wildman–Crippen LogP) is 3.45. The number of aryl methyl sites for hydroxylation is 2. The molecule has 0 radical (unpaired) electrons. The van der Waals surface area contributed by atoms with E-state index in [-0.39, 0.29) is 11.8 Å². The van der Waals surface area contributed by atoms with Gasteiger partial charge in [0.2, 0.25) is 5.91 Å². The van der Waals surface area contributed by atoms with Crippen LogP contribution in [-0.2, 0) is 4.79 Å². The quantitative estimate of drug-likeness (QED) is 0.803. The van der Waals surface area contributed by atoms with Crippen molar-refractivity contribution in [1.29, 1.82) is 0 Å². The molecule has 0 atom stereocenters. The van der Waals surface area contributed by atoms with Gasteiger partial charge < -0.3 is 10.6 Å². The van der Waals surface area contributed by atoms with E-state index in [9.17, 15) is 9.59 Å². The zero-order chi connectivity index (χ0) is 16.7. The fourth-order valence-electron chi connectivity index (χ4n) is 2.31. The lowest BCUT2D eigenvalue weighted by molar-refractivity contribution is -0.116. The molecular weight excluding hydrogens is 288 g/mol. The lowest BCUT2D eigenvalue weighted by atomic mass is 10.1. The zero-order valence-corrected chi connectivity index (χ0v) is 13.6. The molecule has 2 amide bonds. The Bertz CT molecular complexity index is 681. The Balaban J connectivity index is 1.72. The standard InChI is InChI=1S/C19H22N2O2/c1-14-10-11-17(15(2)13-14)21-18(22)9-6-12-20-19(23)16-7-4-3-5-8-16/h3-5,7-8,10-11,13H,6,9,12H2,1-2H3,(H,20,23)(H,21,22). The number of amides is 2. The molecule has 0 bridgehead atoms. The van der Waals surface area contributed by atoms with Crippen molar-refractivity contribution >= 4 is 17.5 Å². The molecule has 2 rings (SSSR count). The highest BCUT2D eigenvalue weighted by Gasteiger charge is 2.06. The van der Waals surface area contributed by atoms with E-state index in [0.717, 1.165) is 11.3 Å². The minimum absolute atomic E-state index is 0.0362. The Morgan fingerprint density at radius 3 is 2.43 bits per heavy atom. The summed E-state index contributed by atoms with van der Waals surface area (Å²) in [7, 11) is 0. The van der Waals surface area contributed by atoms with Gasteiger partial charge in [0, 0.05) is 24.2 Å². The zero-order valence-electron chi connectivity index (χ0n) is 13.6. The van der Waals surface area contributed by atoms with Crippen molar-refractivity contribution in [3.63, 3.8) is 0 Å². The van der Waals surface area contributed by atoms with Crippen LogP contribution in [0.4, 0.5) is 5.69 Å². The Hall–Kier alpha value is -2.62. The van der Waals surface area contributed by atoms with Crippen LogP contribution in [0.15, 0.2) is 48.5 Å². The number of nitrogens with one attached hydrogen (secondary N) is 2. The molecule has 4 nitrogen and oxygen atoms in total. The summed E-state index contributed by atoms with van der Waals surface area (Å²) in [5, 5.41) is 5.72. The van der Waals surface area contributed by atoms with Gasteiger partial charge in [-0.05, 0) is 44.0 Å². The van der Waals surface area contributed by atoms with E-state index < -0.39 is 0 Å². The molecule has 0 spiro atoms. The van der Waals surface area contributed by atoms with Crippen molar-refractivity contribution in [3.05, 3.63) is 65.2 Å². The Morgan fingerprint density at radius 2 is 1.74 bits per heavy atom. The van der Waals surface area contributed by atoms with Crippen LogP contribution in [0.5, 0.6) is 0 Å². The molecule has 0 aliphatic heterocycles. The third-order valence-corrected chi connectivity index (χ3v) is 3.56. The van der Waals surface area contributed by atoms with Crippen LogP contribution in [0.3, 0.4) is 0 Å². The van der Waals surface area contributed by atoms with Gasteiger partial charge in [-0.3, -0.25) is 9.59 Å². The maximum absolute atomic E-state index is 11.9. The Morgan fingerprint density at radius 1 is 1.00 bits per heavy atom. The number of carbonyl (C=O) groups excluding carboxylic acids is 2. The van der Waals surface area contributed by atoms with E-state index in [1.165, 1.54) is 5.56 Å². The summed E-state index contributed by atoms with van der Waals surface area (Å²) in [5.74, 6) is -0.147. The molecule has 4 heteroatoms. The van der Waals surface area contributed by atoms with E-state index in [0.29, 0.717) is 24.9 Å². The molecule has 2 N–H and O–H groups in total. The number of carbonyl (C=O) groups is 2. The number of hydrogen-bond acceptors (Lipinski definition) is 2. The molecule has 0 fully saturated rings. The molecule has 23 heavy (non-hydrogen) atoms. The number of anilines is 1. The average Bonchev–Trinajstić information content (AvgIpc) is 2.55. The first-order valence-electron chi connectivity index (χ1n) is 7.76. The fraction of sp³-hybridized carbons (Fsp3) is 0.263. The third-order valence-electron chi connectivity index (χ3n) is 3.56. The van der Waals surface area contributed by atoms with Crippen LogP contribution in [-0.4, -0.2) is 18.4 Å². The van der Waals surface area contributed by atoms with E-state index in [1.807, 2.05) is 50.2 Å². The van der Waals surface area contributed by atoms with Crippen molar-refractivity contribution in [2.45, 2.75) is 26.7 Å². The molecule has 0 aliphatic rings. The van der Waals surface area contributed by atoms with Gasteiger partial charge in [0.15, 0.2) is 0 Å². The lowest BCUT2D eigenvalue weighted by Gasteiger charge is -2.09. The minimum Gasteiger partial charge on any atom is -0.352 e. The number of hydrogen-bond donors (Lipinski definition) is 2. The summed E-state index contributed by atoms with van der Waals surface area (Å²) >= 11 is 0. The summed E-state index contributed by atoms with van der Waals surface area (Å²) in [6.45, 7) is 4.48. The van der Waals surface area contributed by atoms with Crippen LogP contribution < -0.4 is 10.6 Å². The van der Waals surface area contributed by atoms with Gasteiger partial charge in [0.1, 0.15) is 0 Å². The van der Waals surface area contributed by atoms with Crippen molar-refractivity contribution in [2.75, 3.05) is 11.9 Å². The molecule has 2 aromatic carbocycles. The van der Waals surface area contributed by atoms with Crippen LogP contribution in [0.2, 0.25) is 0 Å².